The number of nitrogens with zero attached hydrogens (tertiary/aromatic N) is 1. The molecular weight excluding hydrogens is 340 g/mol. The maximum atomic E-state index is 12.1. The number of carbonyl (C=O) groups excluding carboxylic acids is 2. The molecule has 2 aromatic carbocycles. The summed E-state index contributed by atoms with van der Waals surface area (Å²) in [7, 11) is 0. The first-order valence-corrected chi connectivity index (χ1v) is 8.82. The number of esters is 1. The van der Waals surface area contributed by atoms with Crippen LogP contribution in [0, 0.1) is 18.3 Å². The summed E-state index contributed by atoms with van der Waals surface area (Å²) in [5, 5.41) is 11.9. The summed E-state index contributed by atoms with van der Waals surface area (Å²) in [6, 6.07) is 15.7. The van der Waals surface area contributed by atoms with Gasteiger partial charge in [0.15, 0.2) is 0 Å². The van der Waals surface area contributed by atoms with E-state index in [9.17, 15) is 14.9 Å². The van der Waals surface area contributed by atoms with Gasteiger partial charge in [0.05, 0.1) is 5.56 Å². The number of aryl methyl sites for hydroxylation is 1. The Balaban J connectivity index is 2.03. The Kier molecular flexibility index (Phi) is 7.33. The van der Waals surface area contributed by atoms with Gasteiger partial charge in [-0.2, -0.15) is 5.26 Å². The van der Waals surface area contributed by atoms with E-state index in [1.165, 1.54) is 6.08 Å². The molecule has 0 bridgehead atoms. The summed E-state index contributed by atoms with van der Waals surface area (Å²) in [4.78, 5) is 24.1. The molecule has 0 saturated heterocycles. The lowest BCUT2D eigenvalue weighted by molar-refractivity contribution is -0.117. The zero-order chi connectivity index (χ0) is 19.6. The van der Waals surface area contributed by atoms with Crippen molar-refractivity contribution in [3.63, 3.8) is 0 Å². The topological polar surface area (TPSA) is 79.2 Å². The molecule has 0 aromatic heterocycles. The molecule has 0 spiro atoms. The van der Waals surface area contributed by atoms with Gasteiger partial charge in [0.2, 0.25) is 0 Å². The number of ether oxygens (including phenoxy) is 1. The zero-order valence-electron chi connectivity index (χ0n) is 15.5. The van der Waals surface area contributed by atoms with Crippen molar-refractivity contribution < 1.29 is 14.3 Å². The highest BCUT2D eigenvalue weighted by molar-refractivity contribution is 6.01. The molecule has 0 heterocycles. The molecule has 138 valence electrons. The molecule has 0 fully saturated rings. The third-order valence-corrected chi connectivity index (χ3v) is 3.87. The highest BCUT2D eigenvalue weighted by Crippen LogP contribution is 2.16. The summed E-state index contributed by atoms with van der Waals surface area (Å²) in [5.41, 5.74) is 2.25. The number of benzene rings is 2. The smallest absolute Gasteiger partial charge is 0.343 e. The molecule has 5 heteroatoms. The minimum absolute atomic E-state index is 0.0375. The van der Waals surface area contributed by atoms with Gasteiger partial charge >= 0.3 is 5.97 Å². The Bertz CT molecular complexity index is 860. The summed E-state index contributed by atoms with van der Waals surface area (Å²) >= 11 is 0. The second-order valence-corrected chi connectivity index (χ2v) is 6.10. The first-order chi connectivity index (χ1) is 13.0. The van der Waals surface area contributed by atoms with Crippen molar-refractivity contribution >= 4 is 18.0 Å². The molecule has 0 aliphatic carbocycles. The number of hydrogen-bond acceptors (Lipinski definition) is 4. The van der Waals surface area contributed by atoms with Crippen LogP contribution in [-0.2, 0) is 4.79 Å². The molecule has 0 aliphatic heterocycles. The predicted molar refractivity (Wildman–Crippen MR) is 104 cm³/mol. The van der Waals surface area contributed by atoms with Crippen LogP contribution >= 0.6 is 0 Å². The number of carbonyl (C=O) groups is 2. The zero-order valence-corrected chi connectivity index (χ0v) is 15.5. The Morgan fingerprint density at radius 2 is 1.78 bits per heavy atom. The minimum Gasteiger partial charge on any atom is -0.423 e. The fourth-order valence-electron chi connectivity index (χ4n) is 2.28. The first kappa shape index (κ1) is 19.9. The van der Waals surface area contributed by atoms with Gasteiger partial charge in [-0.25, -0.2) is 4.79 Å². The molecule has 0 radical (unpaired) electrons. The van der Waals surface area contributed by atoms with E-state index in [-0.39, 0.29) is 11.5 Å². The van der Waals surface area contributed by atoms with Crippen LogP contribution in [0.15, 0.2) is 54.1 Å². The molecule has 0 aliphatic rings. The van der Waals surface area contributed by atoms with E-state index in [1.54, 1.807) is 36.4 Å². The fourth-order valence-corrected chi connectivity index (χ4v) is 2.28. The molecule has 1 N–H and O–H groups in total. The number of hydrogen-bond donors (Lipinski definition) is 1. The third-order valence-electron chi connectivity index (χ3n) is 3.87. The van der Waals surface area contributed by atoms with Gasteiger partial charge in [0, 0.05) is 6.54 Å². The second-order valence-electron chi connectivity index (χ2n) is 6.10. The quantitative estimate of drug-likeness (QED) is 0.265. The molecule has 27 heavy (non-hydrogen) atoms. The predicted octanol–water partition coefficient (Wildman–Crippen LogP) is 4.04. The lowest BCUT2D eigenvalue weighted by Crippen LogP contribution is -2.25. The number of nitriles is 1. The van der Waals surface area contributed by atoms with Gasteiger partial charge < -0.3 is 10.1 Å². The second kappa shape index (κ2) is 9.93. The highest BCUT2D eigenvalue weighted by atomic mass is 16.5. The van der Waals surface area contributed by atoms with Crippen LogP contribution in [0.5, 0.6) is 5.75 Å². The third kappa shape index (κ3) is 6.12. The van der Waals surface area contributed by atoms with Gasteiger partial charge in [0.1, 0.15) is 17.4 Å². The van der Waals surface area contributed by atoms with Crippen molar-refractivity contribution in [2.24, 2.45) is 0 Å². The average Bonchev–Trinajstić information content (AvgIpc) is 2.68. The van der Waals surface area contributed by atoms with Crippen LogP contribution in [0.25, 0.3) is 6.08 Å². The van der Waals surface area contributed by atoms with Crippen molar-refractivity contribution in [2.45, 2.75) is 26.7 Å². The largest absolute Gasteiger partial charge is 0.423 e. The van der Waals surface area contributed by atoms with Gasteiger partial charge in [-0.15, -0.1) is 0 Å². The Morgan fingerprint density at radius 1 is 1.11 bits per heavy atom. The summed E-state index contributed by atoms with van der Waals surface area (Å²) < 4.78 is 5.34. The van der Waals surface area contributed by atoms with E-state index in [4.69, 9.17) is 4.74 Å². The van der Waals surface area contributed by atoms with E-state index in [2.05, 4.69) is 5.32 Å². The van der Waals surface area contributed by atoms with Gasteiger partial charge in [-0.1, -0.05) is 43.2 Å². The fraction of sp³-hybridized carbons (Fsp3) is 0.227. The molecule has 2 rings (SSSR count). The Labute approximate surface area is 159 Å². The van der Waals surface area contributed by atoms with Crippen LogP contribution in [0.3, 0.4) is 0 Å². The minimum atomic E-state index is -0.439. The molecular formula is C22H22N2O3. The number of amides is 1. The molecule has 5 nitrogen and oxygen atoms in total. The van der Waals surface area contributed by atoms with Crippen molar-refractivity contribution in [3.05, 3.63) is 70.8 Å². The van der Waals surface area contributed by atoms with Crippen LogP contribution in [-0.4, -0.2) is 18.4 Å². The van der Waals surface area contributed by atoms with Crippen molar-refractivity contribution in [1.82, 2.24) is 5.32 Å². The summed E-state index contributed by atoms with van der Waals surface area (Å²) in [6.07, 6.45) is 3.34. The lowest BCUT2D eigenvalue weighted by atomic mass is 10.1. The van der Waals surface area contributed by atoms with Gasteiger partial charge in [-0.3, -0.25) is 4.79 Å². The van der Waals surface area contributed by atoms with Crippen molar-refractivity contribution in [3.8, 4) is 11.8 Å². The number of unbranched alkanes of at least 4 members (excludes halogenated alkanes) is 1. The molecule has 0 saturated carbocycles. The van der Waals surface area contributed by atoms with Crippen molar-refractivity contribution in [1.29, 1.82) is 5.26 Å². The van der Waals surface area contributed by atoms with E-state index >= 15 is 0 Å². The number of nitrogens with one attached hydrogen (secondary N) is 1. The van der Waals surface area contributed by atoms with Crippen molar-refractivity contribution in [2.75, 3.05) is 6.54 Å². The lowest BCUT2D eigenvalue weighted by Gasteiger charge is -2.06. The SMILES string of the molecule is CCCCNC(=O)/C(C#N)=C/c1ccc(OC(=O)c2ccc(C)cc2)cc1. The van der Waals surface area contributed by atoms with E-state index < -0.39 is 5.97 Å². The van der Waals surface area contributed by atoms with Gasteiger partial charge in [0.25, 0.3) is 5.91 Å². The van der Waals surface area contributed by atoms with Crippen LogP contribution in [0.1, 0.15) is 41.3 Å². The monoisotopic (exact) mass is 362 g/mol. The average molecular weight is 362 g/mol. The van der Waals surface area contributed by atoms with Crippen LogP contribution in [0.4, 0.5) is 0 Å². The van der Waals surface area contributed by atoms with Crippen LogP contribution in [0.2, 0.25) is 0 Å². The standard InChI is InChI=1S/C22H22N2O3/c1-3-4-13-24-21(25)19(15-23)14-17-7-11-20(12-8-17)27-22(26)18-9-5-16(2)6-10-18/h5-12,14H,3-4,13H2,1-2H3,(H,24,25)/b19-14+. The molecule has 2 aromatic rings. The van der Waals surface area contributed by atoms with E-state index in [0.29, 0.717) is 23.4 Å². The maximum Gasteiger partial charge on any atom is 0.343 e. The summed E-state index contributed by atoms with van der Waals surface area (Å²) in [6.45, 7) is 4.52. The summed E-state index contributed by atoms with van der Waals surface area (Å²) in [5.74, 6) is -0.434. The molecule has 0 unspecified atom stereocenters. The van der Waals surface area contributed by atoms with Crippen LogP contribution < -0.4 is 10.1 Å². The molecule has 0 atom stereocenters. The molecule has 1 amide bonds. The highest BCUT2D eigenvalue weighted by Gasteiger charge is 2.10. The Hall–Kier alpha value is -3.39. The normalized spacial score (nSPS) is 10.8. The Morgan fingerprint density at radius 3 is 2.37 bits per heavy atom. The first-order valence-electron chi connectivity index (χ1n) is 8.82. The maximum absolute atomic E-state index is 12.1. The van der Waals surface area contributed by atoms with E-state index in [1.807, 2.05) is 32.0 Å². The van der Waals surface area contributed by atoms with E-state index in [0.717, 1.165) is 18.4 Å². The van der Waals surface area contributed by atoms with Gasteiger partial charge in [-0.05, 0) is 49.2 Å². The number of rotatable bonds is 7.